The number of rotatable bonds is 3. The van der Waals surface area contributed by atoms with Crippen LogP contribution < -0.4 is 4.74 Å². The molecule has 0 saturated carbocycles. The van der Waals surface area contributed by atoms with Gasteiger partial charge in [0.15, 0.2) is 6.61 Å². The molecule has 3 nitrogen and oxygen atoms in total. The van der Waals surface area contributed by atoms with Gasteiger partial charge in [-0.2, -0.15) is 4.98 Å². The zero-order valence-corrected chi connectivity index (χ0v) is 8.88. The highest BCUT2D eigenvalue weighted by atomic mass is 35.5. The third-order valence-electron chi connectivity index (χ3n) is 1.51. The van der Waals surface area contributed by atoms with Gasteiger partial charge in [-0.15, -0.1) is 6.42 Å². The molecule has 0 N–H and O–H groups in total. The number of terminal acetylenes is 1. The van der Waals surface area contributed by atoms with Gasteiger partial charge in [-0.25, -0.2) is 4.98 Å². The molecule has 1 heterocycles. The van der Waals surface area contributed by atoms with Crippen molar-refractivity contribution in [2.45, 2.75) is 19.8 Å². The summed E-state index contributed by atoms with van der Waals surface area (Å²) in [5.41, 5.74) is 0. The van der Waals surface area contributed by atoms with Gasteiger partial charge < -0.3 is 4.74 Å². The first kappa shape index (κ1) is 10.8. The molecule has 1 rings (SSSR count). The zero-order valence-electron chi connectivity index (χ0n) is 8.12. The van der Waals surface area contributed by atoms with Crippen LogP contribution >= 0.6 is 11.6 Å². The first-order chi connectivity index (χ1) is 6.63. The van der Waals surface area contributed by atoms with E-state index in [9.17, 15) is 0 Å². The summed E-state index contributed by atoms with van der Waals surface area (Å²) in [6, 6.07) is 1.55. The van der Waals surface area contributed by atoms with Crippen molar-refractivity contribution >= 4 is 11.6 Å². The summed E-state index contributed by atoms with van der Waals surface area (Å²) in [5.74, 6) is 3.65. The molecule has 0 aromatic carbocycles. The van der Waals surface area contributed by atoms with Crippen molar-refractivity contribution in [3.63, 3.8) is 0 Å². The number of hydrogen-bond acceptors (Lipinski definition) is 3. The summed E-state index contributed by atoms with van der Waals surface area (Å²) in [4.78, 5) is 8.22. The van der Waals surface area contributed by atoms with Gasteiger partial charge in [-0.05, 0) is 0 Å². The van der Waals surface area contributed by atoms with Gasteiger partial charge in [0.2, 0.25) is 5.88 Å². The third-order valence-corrected chi connectivity index (χ3v) is 1.70. The van der Waals surface area contributed by atoms with Gasteiger partial charge in [0.1, 0.15) is 11.0 Å². The van der Waals surface area contributed by atoms with E-state index in [1.165, 1.54) is 0 Å². The van der Waals surface area contributed by atoms with E-state index in [4.69, 9.17) is 22.8 Å². The van der Waals surface area contributed by atoms with Crippen LogP contribution in [0.1, 0.15) is 25.6 Å². The van der Waals surface area contributed by atoms with E-state index in [0.717, 1.165) is 0 Å². The molecule has 14 heavy (non-hydrogen) atoms. The molecular formula is C10H11ClN2O. The van der Waals surface area contributed by atoms with Crippen LogP contribution in [0.15, 0.2) is 6.07 Å². The Hall–Kier alpha value is -1.27. The minimum atomic E-state index is 0.185. The van der Waals surface area contributed by atoms with Crippen LogP contribution in [0, 0.1) is 12.3 Å². The van der Waals surface area contributed by atoms with Crippen LogP contribution in [0.25, 0.3) is 0 Å². The molecule has 0 aliphatic carbocycles. The molecule has 0 atom stereocenters. The Balaban J connectivity index is 2.90. The minimum Gasteiger partial charge on any atom is -0.464 e. The Morgan fingerprint density at radius 3 is 2.86 bits per heavy atom. The molecule has 0 unspecified atom stereocenters. The summed E-state index contributed by atoms with van der Waals surface area (Å²) in [6.45, 7) is 4.15. The molecule has 0 fully saturated rings. The molecule has 0 amide bonds. The van der Waals surface area contributed by atoms with E-state index in [-0.39, 0.29) is 12.5 Å². The van der Waals surface area contributed by atoms with Crippen molar-refractivity contribution in [2.75, 3.05) is 6.61 Å². The predicted molar refractivity (Wildman–Crippen MR) is 55.5 cm³/mol. The minimum absolute atomic E-state index is 0.185. The number of aromatic nitrogens is 2. The fraction of sp³-hybridized carbons (Fsp3) is 0.400. The second-order valence-corrected chi connectivity index (χ2v) is 3.42. The van der Waals surface area contributed by atoms with Crippen LogP contribution in [-0.2, 0) is 0 Å². The maximum absolute atomic E-state index is 5.79. The molecule has 0 aliphatic rings. The number of halogens is 1. The molecule has 0 spiro atoms. The van der Waals surface area contributed by atoms with Gasteiger partial charge in [0.05, 0.1) is 0 Å². The highest BCUT2D eigenvalue weighted by Gasteiger charge is 2.07. The first-order valence-electron chi connectivity index (χ1n) is 4.24. The lowest BCUT2D eigenvalue weighted by Crippen LogP contribution is -2.02. The normalized spacial score (nSPS) is 9.93. The van der Waals surface area contributed by atoms with E-state index in [1.54, 1.807) is 6.07 Å². The second-order valence-electron chi connectivity index (χ2n) is 3.03. The molecule has 74 valence electrons. The fourth-order valence-corrected chi connectivity index (χ4v) is 1.04. The van der Waals surface area contributed by atoms with Crippen LogP contribution in [-0.4, -0.2) is 16.6 Å². The summed E-state index contributed by atoms with van der Waals surface area (Å²) in [6.07, 6.45) is 5.06. The van der Waals surface area contributed by atoms with Crippen LogP contribution in [0.5, 0.6) is 5.88 Å². The van der Waals surface area contributed by atoms with Crippen molar-refractivity contribution in [2.24, 2.45) is 0 Å². The zero-order chi connectivity index (χ0) is 10.6. The topological polar surface area (TPSA) is 35.0 Å². The second kappa shape index (κ2) is 4.83. The molecule has 0 saturated heterocycles. The van der Waals surface area contributed by atoms with Gasteiger partial charge >= 0.3 is 0 Å². The van der Waals surface area contributed by atoms with Gasteiger partial charge in [-0.3, -0.25) is 0 Å². The number of hydrogen-bond donors (Lipinski definition) is 0. The number of nitrogens with zero attached hydrogens (tertiary/aromatic N) is 2. The average Bonchev–Trinajstić information content (AvgIpc) is 2.14. The Morgan fingerprint density at radius 1 is 1.57 bits per heavy atom. The van der Waals surface area contributed by atoms with Gasteiger partial charge in [0.25, 0.3) is 0 Å². The third kappa shape index (κ3) is 2.90. The SMILES string of the molecule is C#CCOc1cc(Cl)nc(C(C)C)n1. The van der Waals surface area contributed by atoms with Gasteiger partial charge in [0, 0.05) is 12.0 Å². The van der Waals surface area contributed by atoms with E-state index < -0.39 is 0 Å². The summed E-state index contributed by atoms with van der Waals surface area (Å²) < 4.78 is 5.16. The predicted octanol–water partition coefficient (Wildman–Crippen LogP) is 2.27. The summed E-state index contributed by atoms with van der Waals surface area (Å²) in [5, 5.41) is 0.371. The van der Waals surface area contributed by atoms with E-state index in [2.05, 4.69) is 15.9 Å². The Morgan fingerprint density at radius 2 is 2.29 bits per heavy atom. The monoisotopic (exact) mass is 210 g/mol. The van der Waals surface area contributed by atoms with Crippen LogP contribution in [0.4, 0.5) is 0 Å². The first-order valence-corrected chi connectivity index (χ1v) is 4.62. The summed E-state index contributed by atoms with van der Waals surface area (Å²) >= 11 is 5.79. The lowest BCUT2D eigenvalue weighted by atomic mass is 10.2. The van der Waals surface area contributed by atoms with Crippen LogP contribution in [0.2, 0.25) is 5.15 Å². The van der Waals surface area contributed by atoms with Gasteiger partial charge in [-0.1, -0.05) is 31.4 Å². The lowest BCUT2D eigenvalue weighted by molar-refractivity contribution is 0.352. The van der Waals surface area contributed by atoms with Crippen molar-refractivity contribution in [1.29, 1.82) is 0 Å². The maximum atomic E-state index is 5.79. The number of ether oxygens (including phenoxy) is 1. The van der Waals surface area contributed by atoms with Crippen LogP contribution in [0.3, 0.4) is 0 Å². The van der Waals surface area contributed by atoms with Crippen molar-refractivity contribution in [3.05, 3.63) is 17.0 Å². The molecule has 4 heteroatoms. The van der Waals surface area contributed by atoms with Crippen molar-refractivity contribution < 1.29 is 4.74 Å². The highest BCUT2D eigenvalue weighted by Crippen LogP contribution is 2.18. The Bertz CT molecular complexity index is 358. The molecule has 1 aromatic heterocycles. The molecule has 1 aromatic rings. The molecule has 0 bridgehead atoms. The fourth-order valence-electron chi connectivity index (χ4n) is 0.862. The Labute approximate surface area is 88.5 Å². The maximum Gasteiger partial charge on any atom is 0.219 e. The summed E-state index contributed by atoms with van der Waals surface area (Å²) in [7, 11) is 0. The molecule has 0 radical (unpaired) electrons. The lowest BCUT2D eigenvalue weighted by Gasteiger charge is -2.06. The largest absolute Gasteiger partial charge is 0.464 e. The van der Waals surface area contributed by atoms with E-state index in [0.29, 0.717) is 16.9 Å². The Kier molecular flexibility index (Phi) is 3.73. The molecule has 0 aliphatic heterocycles. The van der Waals surface area contributed by atoms with Crippen molar-refractivity contribution in [1.82, 2.24) is 9.97 Å². The average molecular weight is 211 g/mol. The highest BCUT2D eigenvalue weighted by molar-refractivity contribution is 6.29. The van der Waals surface area contributed by atoms with Crippen molar-refractivity contribution in [3.8, 4) is 18.2 Å². The van der Waals surface area contributed by atoms with E-state index in [1.807, 2.05) is 13.8 Å². The standard InChI is InChI=1S/C10H11ClN2O/c1-4-5-14-9-6-8(11)12-10(13-9)7(2)3/h1,6-7H,5H2,2-3H3. The molecular weight excluding hydrogens is 200 g/mol. The quantitative estimate of drug-likeness (QED) is 0.567. The van der Waals surface area contributed by atoms with E-state index >= 15 is 0 Å². The smallest absolute Gasteiger partial charge is 0.219 e.